The number of hydrogen-bond acceptors (Lipinski definition) is 5. The number of fused-ring (bicyclic) bond motifs is 4. The van der Waals surface area contributed by atoms with Gasteiger partial charge in [0.25, 0.3) is 0 Å². The smallest absolute Gasteiger partial charge is 0.338 e. The van der Waals surface area contributed by atoms with E-state index >= 15 is 0 Å². The number of hydrogen-bond donors (Lipinski definition) is 1. The summed E-state index contributed by atoms with van der Waals surface area (Å²) in [6.45, 7) is 11.5. The van der Waals surface area contributed by atoms with E-state index < -0.39 is 11.9 Å². The van der Waals surface area contributed by atoms with Crippen molar-refractivity contribution in [3.05, 3.63) is 59.7 Å². The van der Waals surface area contributed by atoms with Gasteiger partial charge in [0.2, 0.25) is 0 Å². The van der Waals surface area contributed by atoms with Crippen molar-refractivity contribution in [2.75, 3.05) is 13.2 Å². The van der Waals surface area contributed by atoms with Gasteiger partial charge in [-0.25, -0.2) is 9.59 Å². The Bertz CT molecular complexity index is 1320. The Hall–Kier alpha value is -3.68. The molecular weight excluding hydrogens is 410 g/mol. The normalized spacial score (nSPS) is 12.0. The van der Waals surface area contributed by atoms with E-state index in [1.165, 1.54) is 0 Å². The van der Waals surface area contributed by atoms with Gasteiger partial charge in [-0.2, -0.15) is 0 Å². The van der Waals surface area contributed by atoms with Gasteiger partial charge in [0.1, 0.15) is 35.7 Å². The third kappa shape index (κ3) is 3.62. The van der Waals surface area contributed by atoms with Crippen molar-refractivity contribution in [1.29, 1.82) is 0 Å². The topological polar surface area (TPSA) is 86.6 Å². The van der Waals surface area contributed by atoms with E-state index in [-0.39, 0.29) is 24.4 Å². The highest BCUT2D eigenvalue weighted by atomic mass is 16.6. The molecule has 2 aromatic carbocycles. The lowest BCUT2D eigenvalue weighted by atomic mass is 9.82. The molecule has 0 aliphatic carbocycles. The van der Waals surface area contributed by atoms with Crippen LogP contribution in [0.2, 0.25) is 0 Å². The third-order valence-electron chi connectivity index (χ3n) is 5.90. The average Bonchev–Trinajstić information content (AvgIpc) is 3.43. The minimum absolute atomic E-state index is 0.00928. The number of nitrogens with zero attached hydrogens (tertiary/aromatic N) is 3. The van der Waals surface area contributed by atoms with Crippen LogP contribution in [0.3, 0.4) is 0 Å². The van der Waals surface area contributed by atoms with Crippen LogP contribution in [-0.2, 0) is 19.7 Å². The molecule has 8 heteroatoms. The van der Waals surface area contributed by atoms with E-state index in [1.54, 1.807) is 25.1 Å². The van der Waals surface area contributed by atoms with Gasteiger partial charge in [-0.3, -0.25) is 0 Å². The molecule has 0 radical (unpaired) electrons. The summed E-state index contributed by atoms with van der Waals surface area (Å²) in [5, 5.41) is 10.5. The Morgan fingerprint density at radius 3 is 2.41 bits per heavy atom. The molecule has 0 amide bonds. The first-order valence-electron chi connectivity index (χ1n) is 10.5. The zero-order chi connectivity index (χ0) is 23.2. The summed E-state index contributed by atoms with van der Waals surface area (Å²) in [6.07, 6.45) is 0.975. The molecule has 4 aromatic rings. The molecule has 0 saturated carbocycles. The van der Waals surface area contributed by atoms with Gasteiger partial charge >= 0.3 is 11.9 Å². The molecule has 168 valence electrons. The predicted octanol–water partition coefficient (Wildman–Crippen LogP) is 4.09. The van der Waals surface area contributed by atoms with Crippen LogP contribution in [0.4, 0.5) is 0 Å². The molecule has 32 heavy (non-hydrogen) atoms. The van der Waals surface area contributed by atoms with E-state index in [4.69, 9.17) is 9.47 Å². The second-order valence-electron chi connectivity index (χ2n) is 8.56. The van der Waals surface area contributed by atoms with Crippen LogP contribution in [0.25, 0.3) is 16.7 Å². The third-order valence-corrected chi connectivity index (χ3v) is 5.90. The average molecular weight is 437 g/mol. The van der Waals surface area contributed by atoms with E-state index in [2.05, 4.69) is 27.4 Å². The van der Waals surface area contributed by atoms with Gasteiger partial charge in [-0.15, -0.1) is 14.1 Å². The van der Waals surface area contributed by atoms with Crippen molar-refractivity contribution in [1.82, 2.24) is 14.1 Å². The molecule has 2 aromatic heterocycles. The number of esters is 2. The predicted molar refractivity (Wildman–Crippen MR) is 120 cm³/mol. The lowest BCUT2D eigenvalue weighted by Crippen LogP contribution is -2.15. The molecule has 0 spiro atoms. The lowest BCUT2D eigenvalue weighted by Gasteiger charge is -2.23. The standard InChI is InChI=1S/C24H27N3O5/c1-6-24(4,5)17-8-10-21(28)20(14-17)27-25-18-9-7-16(13-19(18)26(25)27)23(30)32-12-11-31-22(29)15(2)3/h7-10,13-14,28H,2,6,11-12H2,1,3-5H3. The monoisotopic (exact) mass is 437 g/mol. The zero-order valence-corrected chi connectivity index (χ0v) is 18.7. The molecule has 8 nitrogen and oxygen atoms in total. The van der Waals surface area contributed by atoms with Gasteiger partial charge in [0.15, 0.2) is 0 Å². The first-order chi connectivity index (χ1) is 15.2. The quantitative estimate of drug-likeness (QED) is 0.255. The van der Waals surface area contributed by atoms with Crippen LogP contribution in [0.15, 0.2) is 48.6 Å². The molecule has 0 unspecified atom stereocenters. The number of aromatic hydroxyl groups is 1. The Morgan fingerprint density at radius 1 is 1.03 bits per heavy atom. The number of benzene rings is 2. The highest BCUT2D eigenvalue weighted by Crippen LogP contribution is 2.35. The maximum absolute atomic E-state index is 12.4. The number of carbonyl (C=O) groups excluding carboxylic acids is 2. The van der Waals surface area contributed by atoms with Crippen LogP contribution in [0.5, 0.6) is 5.75 Å². The van der Waals surface area contributed by atoms with E-state index in [1.807, 2.05) is 32.3 Å². The second-order valence-corrected chi connectivity index (χ2v) is 8.56. The summed E-state index contributed by atoms with van der Waals surface area (Å²) in [5.74, 6) is -0.830. The number of aromatic nitrogens is 3. The second kappa shape index (κ2) is 7.78. The molecule has 1 N–H and O–H groups in total. The van der Waals surface area contributed by atoms with Crippen molar-refractivity contribution < 1.29 is 24.2 Å². The minimum Gasteiger partial charge on any atom is -0.506 e. The Labute approximate surface area is 185 Å². The summed E-state index contributed by atoms with van der Waals surface area (Å²) in [4.78, 5) is 25.6. The van der Waals surface area contributed by atoms with E-state index in [9.17, 15) is 14.7 Å². The van der Waals surface area contributed by atoms with E-state index in [0.29, 0.717) is 16.8 Å². The summed E-state index contributed by atoms with van der Waals surface area (Å²) >= 11 is 0. The summed E-state index contributed by atoms with van der Waals surface area (Å²) in [6, 6.07) is 10.9. The summed E-state index contributed by atoms with van der Waals surface area (Å²) in [5.41, 5.74) is 4.27. The van der Waals surface area contributed by atoms with Crippen molar-refractivity contribution >= 4 is 23.0 Å². The van der Waals surface area contributed by atoms with Crippen molar-refractivity contribution in [2.24, 2.45) is 0 Å². The molecule has 2 heterocycles. The minimum atomic E-state index is -0.515. The number of rotatable bonds is 8. The van der Waals surface area contributed by atoms with Gasteiger partial charge in [-0.05, 0) is 54.7 Å². The SMILES string of the molecule is C=C(C)C(=O)OCCOC(=O)c1ccc2c(c1)n1n(-c3cc(C(C)(C)CC)ccc3O)n21. The molecule has 0 fully saturated rings. The number of phenols is 1. The van der Waals surface area contributed by atoms with Crippen LogP contribution in [-0.4, -0.2) is 44.3 Å². The van der Waals surface area contributed by atoms with Gasteiger partial charge in [0, 0.05) is 5.57 Å². The molecular formula is C24H27N3O5. The molecule has 0 atom stereocenters. The molecule has 0 saturated heterocycles. The van der Waals surface area contributed by atoms with Crippen LogP contribution in [0.1, 0.15) is 50.0 Å². The first kappa shape index (κ1) is 21.5. The first-order valence-corrected chi connectivity index (χ1v) is 10.5. The fraction of sp³-hybridized carbons (Fsp3) is 0.333. The zero-order valence-electron chi connectivity index (χ0n) is 18.7. The summed E-state index contributed by atoms with van der Waals surface area (Å²) in [7, 11) is 0. The number of ether oxygens (including phenoxy) is 2. The molecule has 0 bridgehead atoms. The maximum Gasteiger partial charge on any atom is 0.338 e. The lowest BCUT2D eigenvalue weighted by molar-refractivity contribution is -0.140. The van der Waals surface area contributed by atoms with Gasteiger partial charge in [0.05, 0.1) is 5.56 Å². The molecule has 0 aliphatic rings. The number of phenolic OH excluding ortho intramolecular Hbond substituents is 1. The molecule has 0 aliphatic heterocycles. The Kier molecular flexibility index (Phi) is 5.24. The van der Waals surface area contributed by atoms with Crippen LogP contribution >= 0.6 is 0 Å². The van der Waals surface area contributed by atoms with Gasteiger partial charge < -0.3 is 14.6 Å². The Balaban J connectivity index is 1.52. The number of carbonyl (C=O) groups is 2. The fourth-order valence-electron chi connectivity index (χ4n) is 3.46. The van der Waals surface area contributed by atoms with Crippen molar-refractivity contribution in [3.8, 4) is 11.4 Å². The molecule has 4 rings (SSSR count). The fourth-order valence-corrected chi connectivity index (χ4v) is 3.46. The van der Waals surface area contributed by atoms with Crippen LogP contribution in [0, 0.1) is 0 Å². The largest absolute Gasteiger partial charge is 0.506 e. The maximum atomic E-state index is 12.4. The summed E-state index contributed by atoms with van der Waals surface area (Å²) < 4.78 is 13.9. The van der Waals surface area contributed by atoms with Crippen molar-refractivity contribution in [2.45, 2.75) is 39.5 Å². The Morgan fingerprint density at radius 2 is 1.72 bits per heavy atom. The van der Waals surface area contributed by atoms with Gasteiger partial charge in [-0.1, -0.05) is 33.4 Å². The van der Waals surface area contributed by atoms with Crippen LogP contribution < -0.4 is 0 Å². The van der Waals surface area contributed by atoms with Crippen molar-refractivity contribution in [3.63, 3.8) is 0 Å². The highest BCUT2D eigenvalue weighted by Gasteiger charge is 2.28. The highest BCUT2D eigenvalue weighted by molar-refractivity contribution is 5.94. The van der Waals surface area contributed by atoms with E-state index in [0.717, 1.165) is 23.0 Å².